The number of carbonyl (C=O) groups excluding carboxylic acids is 1. The topological polar surface area (TPSA) is 69.6 Å². The molecular formula is C12H22N2O3. The first-order chi connectivity index (χ1) is 7.97. The van der Waals surface area contributed by atoms with Crippen LogP contribution in [-0.2, 0) is 4.79 Å². The zero-order valence-corrected chi connectivity index (χ0v) is 10.6. The van der Waals surface area contributed by atoms with Gasteiger partial charge in [-0.1, -0.05) is 6.08 Å². The Hall–Kier alpha value is -1.52. The molecule has 0 bridgehead atoms. The summed E-state index contributed by atoms with van der Waals surface area (Å²) in [5.74, 6) is -0.899. The largest absolute Gasteiger partial charge is 0.481 e. The first-order valence-corrected chi connectivity index (χ1v) is 5.81. The maximum absolute atomic E-state index is 11.6. The van der Waals surface area contributed by atoms with Crippen molar-refractivity contribution in [2.45, 2.75) is 38.6 Å². The third-order valence-corrected chi connectivity index (χ3v) is 2.42. The highest BCUT2D eigenvalue weighted by atomic mass is 16.4. The Bertz CT molecular complexity index is 266. The molecule has 0 aliphatic carbocycles. The van der Waals surface area contributed by atoms with E-state index in [4.69, 9.17) is 5.11 Å². The normalized spacial score (nSPS) is 11.6. The average molecular weight is 242 g/mol. The van der Waals surface area contributed by atoms with Gasteiger partial charge in [-0.05, 0) is 26.2 Å². The molecule has 0 spiro atoms. The van der Waals surface area contributed by atoms with Crippen LogP contribution in [0, 0.1) is 0 Å². The van der Waals surface area contributed by atoms with Gasteiger partial charge in [0.25, 0.3) is 0 Å². The summed E-state index contributed by atoms with van der Waals surface area (Å²) in [7, 11) is 1.59. The number of urea groups is 1. The molecule has 0 heterocycles. The van der Waals surface area contributed by atoms with Gasteiger partial charge in [-0.3, -0.25) is 4.79 Å². The maximum atomic E-state index is 11.6. The van der Waals surface area contributed by atoms with E-state index in [0.29, 0.717) is 0 Å². The first-order valence-electron chi connectivity index (χ1n) is 5.81. The van der Waals surface area contributed by atoms with Crippen LogP contribution >= 0.6 is 0 Å². The summed E-state index contributed by atoms with van der Waals surface area (Å²) in [6, 6.07) is -0.132. The maximum Gasteiger partial charge on any atom is 0.317 e. The van der Waals surface area contributed by atoms with Crippen molar-refractivity contribution in [1.82, 2.24) is 10.2 Å². The Balaban J connectivity index is 3.81. The number of rotatable bonds is 8. The first kappa shape index (κ1) is 15.5. The van der Waals surface area contributed by atoms with E-state index in [0.717, 1.165) is 19.3 Å². The van der Waals surface area contributed by atoms with Crippen LogP contribution in [0.1, 0.15) is 32.6 Å². The fourth-order valence-electron chi connectivity index (χ4n) is 1.33. The van der Waals surface area contributed by atoms with Crippen LogP contribution in [0.2, 0.25) is 0 Å². The standard InChI is InChI=1S/C12H22N2O3/c1-4-5-6-7-10(2)13-12(17)14(3)9-8-11(15)16/h4,10H,1,5-9H2,2-3H3,(H,13,17)(H,15,16). The molecule has 2 amide bonds. The van der Waals surface area contributed by atoms with Crippen LogP contribution in [0.25, 0.3) is 0 Å². The van der Waals surface area contributed by atoms with Gasteiger partial charge in [0.05, 0.1) is 6.42 Å². The molecule has 98 valence electrons. The van der Waals surface area contributed by atoms with E-state index in [9.17, 15) is 9.59 Å². The molecular weight excluding hydrogens is 220 g/mol. The lowest BCUT2D eigenvalue weighted by atomic mass is 10.1. The van der Waals surface area contributed by atoms with Crippen LogP contribution in [0.3, 0.4) is 0 Å². The second kappa shape index (κ2) is 8.61. The minimum Gasteiger partial charge on any atom is -0.481 e. The summed E-state index contributed by atoms with van der Waals surface area (Å²) in [6.45, 7) is 5.80. The summed E-state index contributed by atoms with van der Waals surface area (Å²) in [6.07, 6.45) is 4.64. The number of amides is 2. The SMILES string of the molecule is C=CCCCC(C)NC(=O)N(C)CCC(=O)O. The predicted molar refractivity (Wildman–Crippen MR) is 66.9 cm³/mol. The number of carboxylic acid groups (broad SMARTS) is 1. The fourth-order valence-corrected chi connectivity index (χ4v) is 1.33. The molecule has 0 radical (unpaired) electrons. The van der Waals surface area contributed by atoms with Crippen LogP contribution in [0.15, 0.2) is 12.7 Å². The van der Waals surface area contributed by atoms with E-state index in [-0.39, 0.29) is 25.0 Å². The van der Waals surface area contributed by atoms with E-state index < -0.39 is 5.97 Å². The molecule has 0 saturated carbocycles. The number of hydrogen-bond acceptors (Lipinski definition) is 2. The Kier molecular flexibility index (Phi) is 7.84. The highest BCUT2D eigenvalue weighted by Gasteiger charge is 2.12. The molecule has 0 saturated heterocycles. The van der Waals surface area contributed by atoms with Gasteiger partial charge in [0.1, 0.15) is 0 Å². The van der Waals surface area contributed by atoms with Crippen molar-refractivity contribution in [2.24, 2.45) is 0 Å². The second-order valence-electron chi connectivity index (χ2n) is 4.14. The van der Waals surface area contributed by atoms with E-state index in [1.54, 1.807) is 7.05 Å². The minimum absolute atomic E-state index is 0.0330. The molecule has 0 aromatic heterocycles. The number of carbonyl (C=O) groups is 2. The molecule has 5 nitrogen and oxygen atoms in total. The van der Waals surface area contributed by atoms with Crippen molar-refractivity contribution in [2.75, 3.05) is 13.6 Å². The molecule has 0 aliphatic rings. The van der Waals surface area contributed by atoms with Gasteiger partial charge in [0.15, 0.2) is 0 Å². The third-order valence-electron chi connectivity index (χ3n) is 2.42. The zero-order chi connectivity index (χ0) is 13.3. The predicted octanol–water partition coefficient (Wildman–Crippen LogP) is 1.85. The summed E-state index contributed by atoms with van der Waals surface area (Å²) in [5.41, 5.74) is 0. The van der Waals surface area contributed by atoms with Crippen molar-refractivity contribution >= 4 is 12.0 Å². The highest BCUT2D eigenvalue weighted by Crippen LogP contribution is 2.01. The second-order valence-corrected chi connectivity index (χ2v) is 4.14. The summed E-state index contributed by atoms with van der Waals surface area (Å²) >= 11 is 0. The Morgan fingerprint density at radius 2 is 2.18 bits per heavy atom. The van der Waals surface area contributed by atoms with Gasteiger partial charge in [-0.25, -0.2) is 4.79 Å². The van der Waals surface area contributed by atoms with Crippen LogP contribution in [0.4, 0.5) is 4.79 Å². The highest BCUT2D eigenvalue weighted by molar-refractivity contribution is 5.75. The monoisotopic (exact) mass is 242 g/mol. The summed E-state index contributed by atoms with van der Waals surface area (Å²) in [4.78, 5) is 23.3. The van der Waals surface area contributed by atoms with Gasteiger partial charge in [0, 0.05) is 19.6 Å². The quantitative estimate of drug-likeness (QED) is 0.504. The lowest BCUT2D eigenvalue weighted by Crippen LogP contribution is -2.42. The molecule has 2 N–H and O–H groups in total. The fraction of sp³-hybridized carbons (Fsp3) is 0.667. The number of aliphatic carboxylic acids is 1. The molecule has 0 aromatic rings. The summed E-state index contributed by atoms with van der Waals surface area (Å²) < 4.78 is 0. The Morgan fingerprint density at radius 3 is 2.71 bits per heavy atom. The number of hydrogen-bond donors (Lipinski definition) is 2. The number of nitrogens with one attached hydrogen (secondary N) is 1. The van der Waals surface area contributed by atoms with Crippen molar-refractivity contribution in [3.8, 4) is 0 Å². The van der Waals surface area contributed by atoms with Crippen LogP contribution in [-0.4, -0.2) is 41.6 Å². The molecule has 0 aromatic carbocycles. The van der Waals surface area contributed by atoms with Crippen molar-refractivity contribution in [3.63, 3.8) is 0 Å². The van der Waals surface area contributed by atoms with Gasteiger partial charge < -0.3 is 15.3 Å². The van der Waals surface area contributed by atoms with E-state index in [2.05, 4.69) is 11.9 Å². The number of nitrogens with zero attached hydrogens (tertiary/aromatic N) is 1. The van der Waals surface area contributed by atoms with Gasteiger partial charge >= 0.3 is 12.0 Å². The Morgan fingerprint density at radius 1 is 1.53 bits per heavy atom. The van der Waals surface area contributed by atoms with Crippen molar-refractivity contribution in [3.05, 3.63) is 12.7 Å². The lowest BCUT2D eigenvalue weighted by Gasteiger charge is -2.20. The minimum atomic E-state index is -0.899. The van der Waals surface area contributed by atoms with E-state index in [1.807, 2.05) is 13.0 Å². The van der Waals surface area contributed by atoms with Crippen molar-refractivity contribution < 1.29 is 14.7 Å². The van der Waals surface area contributed by atoms with Gasteiger partial charge in [-0.2, -0.15) is 0 Å². The molecule has 5 heteroatoms. The molecule has 0 fully saturated rings. The molecule has 1 unspecified atom stereocenters. The molecule has 17 heavy (non-hydrogen) atoms. The molecule has 1 atom stereocenters. The summed E-state index contributed by atoms with van der Waals surface area (Å²) in [5, 5.41) is 11.3. The molecule has 0 aliphatic heterocycles. The van der Waals surface area contributed by atoms with E-state index >= 15 is 0 Å². The Labute approximate surface area is 102 Å². The van der Waals surface area contributed by atoms with Crippen LogP contribution in [0.5, 0.6) is 0 Å². The lowest BCUT2D eigenvalue weighted by molar-refractivity contribution is -0.137. The number of unbranched alkanes of at least 4 members (excludes halogenated alkanes) is 1. The third kappa shape index (κ3) is 8.30. The molecule has 0 rings (SSSR count). The van der Waals surface area contributed by atoms with E-state index in [1.165, 1.54) is 4.90 Å². The van der Waals surface area contributed by atoms with Crippen LogP contribution < -0.4 is 5.32 Å². The van der Waals surface area contributed by atoms with Crippen molar-refractivity contribution in [1.29, 1.82) is 0 Å². The van der Waals surface area contributed by atoms with Gasteiger partial charge in [-0.15, -0.1) is 6.58 Å². The smallest absolute Gasteiger partial charge is 0.317 e. The van der Waals surface area contributed by atoms with Gasteiger partial charge in [0.2, 0.25) is 0 Å². The zero-order valence-electron chi connectivity index (χ0n) is 10.6. The number of allylic oxidation sites excluding steroid dienone is 1. The average Bonchev–Trinajstić information content (AvgIpc) is 2.26. The number of carboxylic acids is 1.